The van der Waals surface area contributed by atoms with Crippen molar-refractivity contribution < 1.29 is 19.4 Å². The van der Waals surface area contributed by atoms with E-state index in [1.807, 2.05) is 0 Å². The number of hydrogen-bond acceptors (Lipinski definition) is 5. The average Bonchev–Trinajstić information content (AvgIpc) is 2.34. The molecule has 0 radical (unpaired) electrons. The van der Waals surface area contributed by atoms with Gasteiger partial charge in [-0.05, 0) is 38.5 Å². The molecule has 2 N–H and O–H groups in total. The number of fused-ring (bicyclic) bond motifs is 3. The maximum absolute atomic E-state index is 11.6. The molecule has 5 heteroatoms. The van der Waals surface area contributed by atoms with Crippen LogP contribution in [0.4, 0.5) is 0 Å². The lowest BCUT2D eigenvalue weighted by molar-refractivity contribution is -0.111. The molecular formula is C15H16O5. The van der Waals surface area contributed by atoms with Gasteiger partial charge in [-0.1, -0.05) is 0 Å². The third kappa shape index (κ3) is 1.74. The molecule has 106 valence electrons. The number of aliphatic hydroxyl groups is 2. The Morgan fingerprint density at radius 1 is 1.25 bits per heavy atom. The third-order valence-electron chi connectivity index (χ3n) is 3.80. The van der Waals surface area contributed by atoms with E-state index in [0.717, 1.165) is 10.9 Å². The van der Waals surface area contributed by atoms with Gasteiger partial charge in [-0.3, -0.25) is 0 Å². The standard InChI is InChI=1S/C15H16O5/c1-7-6-10(16)19-13-8(7)4-5-9-11(13)12(17)14(18)15(2,3)20-9/h4-6,12,14,17-18H,1-3H3/t12-,14-/m1/s1. The van der Waals surface area contributed by atoms with Gasteiger partial charge in [-0.25, -0.2) is 4.79 Å². The zero-order valence-corrected chi connectivity index (χ0v) is 11.5. The van der Waals surface area contributed by atoms with Gasteiger partial charge in [0.05, 0.1) is 5.56 Å². The first-order valence-electron chi connectivity index (χ1n) is 6.44. The number of ether oxygens (including phenoxy) is 1. The van der Waals surface area contributed by atoms with Crippen molar-refractivity contribution in [3.63, 3.8) is 0 Å². The highest BCUT2D eigenvalue weighted by atomic mass is 16.5. The van der Waals surface area contributed by atoms with Crippen LogP contribution in [-0.4, -0.2) is 21.9 Å². The van der Waals surface area contributed by atoms with Crippen molar-refractivity contribution in [3.05, 3.63) is 39.7 Å². The molecule has 0 unspecified atom stereocenters. The first-order valence-corrected chi connectivity index (χ1v) is 6.44. The summed E-state index contributed by atoms with van der Waals surface area (Å²) in [5.41, 5.74) is -0.0466. The second-order valence-corrected chi connectivity index (χ2v) is 5.70. The van der Waals surface area contributed by atoms with Crippen LogP contribution in [0.2, 0.25) is 0 Å². The number of benzene rings is 1. The summed E-state index contributed by atoms with van der Waals surface area (Å²) in [6, 6.07) is 4.90. The first-order chi connectivity index (χ1) is 9.31. The third-order valence-corrected chi connectivity index (χ3v) is 3.80. The van der Waals surface area contributed by atoms with E-state index < -0.39 is 23.4 Å². The van der Waals surface area contributed by atoms with Crippen molar-refractivity contribution >= 4 is 11.0 Å². The van der Waals surface area contributed by atoms with E-state index in [2.05, 4.69) is 0 Å². The second-order valence-electron chi connectivity index (χ2n) is 5.70. The largest absolute Gasteiger partial charge is 0.485 e. The van der Waals surface area contributed by atoms with E-state index in [1.54, 1.807) is 32.9 Å². The van der Waals surface area contributed by atoms with Gasteiger partial charge in [0.2, 0.25) is 0 Å². The topological polar surface area (TPSA) is 79.9 Å². The van der Waals surface area contributed by atoms with Crippen LogP contribution >= 0.6 is 0 Å². The quantitative estimate of drug-likeness (QED) is 0.715. The molecule has 0 fully saturated rings. The van der Waals surface area contributed by atoms with E-state index in [9.17, 15) is 15.0 Å². The van der Waals surface area contributed by atoms with Crippen LogP contribution in [0.25, 0.3) is 11.0 Å². The van der Waals surface area contributed by atoms with Gasteiger partial charge >= 0.3 is 5.63 Å². The van der Waals surface area contributed by atoms with E-state index in [1.165, 1.54) is 6.07 Å². The molecule has 0 saturated heterocycles. The van der Waals surface area contributed by atoms with E-state index in [-0.39, 0.29) is 5.58 Å². The van der Waals surface area contributed by atoms with Crippen LogP contribution in [-0.2, 0) is 0 Å². The SMILES string of the molecule is Cc1cc(=O)oc2c3c(ccc12)OC(C)(C)[C@H](O)[C@@H]3O. The van der Waals surface area contributed by atoms with Gasteiger partial charge in [-0.2, -0.15) is 0 Å². The van der Waals surface area contributed by atoms with Gasteiger partial charge in [0.25, 0.3) is 0 Å². The molecule has 0 bridgehead atoms. The molecule has 5 nitrogen and oxygen atoms in total. The van der Waals surface area contributed by atoms with Crippen LogP contribution in [0.1, 0.15) is 31.1 Å². The monoisotopic (exact) mass is 276 g/mol. The minimum atomic E-state index is -1.16. The molecule has 2 aromatic rings. The Balaban J connectivity index is 2.37. The van der Waals surface area contributed by atoms with Crippen LogP contribution in [0.3, 0.4) is 0 Å². The predicted molar refractivity (Wildman–Crippen MR) is 72.9 cm³/mol. The molecular weight excluding hydrogens is 260 g/mol. The summed E-state index contributed by atoms with van der Waals surface area (Å²) in [4.78, 5) is 11.6. The molecule has 0 saturated carbocycles. The smallest absolute Gasteiger partial charge is 0.336 e. The van der Waals surface area contributed by atoms with Crippen molar-refractivity contribution in [1.82, 2.24) is 0 Å². The van der Waals surface area contributed by atoms with Crippen molar-refractivity contribution in [2.75, 3.05) is 0 Å². The maximum atomic E-state index is 11.6. The second kappa shape index (κ2) is 4.07. The molecule has 1 aromatic carbocycles. The van der Waals surface area contributed by atoms with Crippen LogP contribution in [0.5, 0.6) is 5.75 Å². The van der Waals surface area contributed by atoms with Gasteiger partial charge in [0.15, 0.2) is 0 Å². The van der Waals surface area contributed by atoms with Gasteiger partial charge < -0.3 is 19.4 Å². The molecule has 1 aromatic heterocycles. The summed E-state index contributed by atoms with van der Waals surface area (Å²) in [5, 5.41) is 21.2. The van der Waals surface area contributed by atoms with E-state index in [4.69, 9.17) is 9.15 Å². The summed E-state index contributed by atoms with van der Waals surface area (Å²) < 4.78 is 10.9. The average molecular weight is 276 g/mol. The molecule has 0 aliphatic carbocycles. The Morgan fingerprint density at radius 3 is 2.65 bits per heavy atom. The highest BCUT2D eigenvalue weighted by Crippen LogP contribution is 2.43. The van der Waals surface area contributed by atoms with Crippen LogP contribution < -0.4 is 10.4 Å². The molecule has 3 rings (SSSR count). The van der Waals surface area contributed by atoms with E-state index >= 15 is 0 Å². The summed E-state index contributed by atoms with van der Waals surface area (Å²) in [6.07, 6.45) is -2.27. The lowest BCUT2D eigenvalue weighted by Crippen LogP contribution is -2.48. The lowest BCUT2D eigenvalue weighted by atomic mass is 9.87. The van der Waals surface area contributed by atoms with Crippen LogP contribution in [0.15, 0.2) is 27.4 Å². The Hall–Kier alpha value is -1.85. The minimum Gasteiger partial charge on any atom is -0.485 e. The highest BCUT2D eigenvalue weighted by molar-refractivity contribution is 5.85. The molecule has 0 amide bonds. The fourth-order valence-electron chi connectivity index (χ4n) is 2.64. The summed E-state index contributed by atoms with van der Waals surface area (Å²) in [6.45, 7) is 5.18. The van der Waals surface area contributed by atoms with Gasteiger partial charge in [0.1, 0.15) is 29.1 Å². The fraction of sp³-hybridized carbons (Fsp3) is 0.400. The van der Waals surface area contributed by atoms with Crippen molar-refractivity contribution in [2.24, 2.45) is 0 Å². The zero-order chi connectivity index (χ0) is 14.7. The minimum absolute atomic E-state index is 0.273. The van der Waals surface area contributed by atoms with Gasteiger partial charge in [-0.15, -0.1) is 0 Å². The van der Waals surface area contributed by atoms with Crippen molar-refractivity contribution in [1.29, 1.82) is 0 Å². The Morgan fingerprint density at radius 2 is 1.95 bits per heavy atom. The van der Waals surface area contributed by atoms with Crippen LogP contribution in [0, 0.1) is 6.92 Å². The molecule has 2 heterocycles. The highest BCUT2D eigenvalue weighted by Gasteiger charge is 2.43. The summed E-state index contributed by atoms with van der Waals surface area (Å²) in [7, 11) is 0. The Labute approximate surface area is 115 Å². The summed E-state index contributed by atoms with van der Waals surface area (Å²) in [5.74, 6) is 0.425. The molecule has 0 spiro atoms. The first kappa shape index (κ1) is 13.1. The lowest BCUT2D eigenvalue weighted by Gasteiger charge is -2.40. The molecule has 2 atom stereocenters. The molecule has 1 aliphatic rings. The number of aliphatic hydroxyl groups excluding tert-OH is 2. The molecule has 20 heavy (non-hydrogen) atoms. The fourth-order valence-corrected chi connectivity index (χ4v) is 2.64. The summed E-state index contributed by atoms with van der Waals surface area (Å²) >= 11 is 0. The predicted octanol–water partition coefficient (Wildman–Crippen LogP) is 1.67. The molecule has 1 aliphatic heterocycles. The van der Waals surface area contributed by atoms with Crippen molar-refractivity contribution in [3.8, 4) is 5.75 Å². The zero-order valence-electron chi connectivity index (χ0n) is 11.5. The van der Waals surface area contributed by atoms with E-state index in [0.29, 0.717) is 11.3 Å². The van der Waals surface area contributed by atoms with Crippen molar-refractivity contribution in [2.45, 2.75) is 38.6 Å². The number of hydrogen-bond donors (Lipinski definition) is 2. The maximum Gasteiger partial charge on any atom is 0.336 e. The van der Waals surface area contributed by atoms with Gasteiger partial charge in [0, 0.05) is 11.5 Å². The Bertz CT molecular complexity index is 744. The Kier molecular flexibility index (Phi) is 2.68. The normalized spacial score (nSPS) is 24.2. The number of aryl methyl sites for hydroxylation is 1. The number of rotatable bonds is 0.